The van der Waals surface area contributed by atoms with Gasteiger partial charge in [0.25, 0.3) is 0 Å². The third-order valence-electron chi connectivity index (χ3n) is 2.07. The molecule has 0 saturated carbocycles. The minimum Gasteiger partial charge on any atom is -0.345 e. The lowest BCUT2D eigenvalue weighted by atomic mass is 10.0. The van der Waals surface area contributed by atoms with Crippen molar-refractivity contribution in [1.29, 1.82) is 0 Å². The highest BCUT2D eigenvalue weighted by Gasteiger charge is 2.10. The van der Waals surface area contributed by atoms with E-state index in [0.29, 0.717) is 12.3 Å². The van der Waals surface area contributed by atoms with Crippen LogP contribution in [0.15, 0.2) is 0 Å². The second-order valence-electron chi connectivity index (χ2n) is 3.22. The quantitative estimate of drug-likeness (QED) is 0.670. The molecule has 0 rings (SSSR count). The molecule has 0 aromatic carbocycles. The lowest BCUT2D eigenvalue weighted by Crippen LogP contribution is -2.29. The summed E-state index contributed by atoms with van der Waals surface area (Å²) in [6, 6.07) is 0. The van der Waals surface area contributed by atoms with E-state index in [2.05, 4.69) is 29.8 Å². The van der Waals surface area contributed by atoms with Gasteiger partial charge in [0.15, 0.2) is 0 Å². The Kier molecular flexibility index (Phi) is 6.44. The molecule has 0 aliphatic heterocycles. The van der Waals surface area contributed by atoms with Crippen LogP contribution in [-0.4, -0.2) is 29.7 Å². The molecule has 0 aromatic heterocycles. The maximum atomic E-state index is 11.4. The predicted molar refractivity (Wildman–Crippen MR) is 55.5 cm³/mol. The third-order valence-corrected chi connectivity index (χ3v) is 2.42. The van der Waals surface area contributed by atoms with Crippen LogP contribution < -0.4 is 0 Å². The molecule has 0 aromatic rings. The Morgan fingerprint density at radius 1 is 1.58 bits per heavy atom. The van der Waals surface area contributed by atoms with Crippen LogP contribution in [0.1, 0.15) is 26.7 Å². The SMILES string of the molecule is CCC(C)CC(=O)N(C)CCBr. The van der Waals surface area contributed by atoms with Gasteiger partial charge >= 0.3 is 0 Å². The van der Waals surface area contributed by atoms with Gasteiger partial charge in [-0.15, -0.1) is 0 Å². The highest BCUT2D eigenvalue weighted by atomic mass is 79.9. The summed E-state index contributed by atoms with van der Waals surface area (Å²) < 4.78 is 0. The fourth-order valence-electron chi connectivity index (χ4n) is 0.850. The molecule has 0 spiro atoms. The molecule has 0 bridgehead atoms. The molecule has 1 unspecified atom stereocenters. The van der Waals surface area contributed by atoms with Gasteiger partial charge < -0.3 is 4.90 Å². The van der Waals surface area contributed by atoms with E-state index in [-0.39, 0.29) is 5.91 Å². The van der Waals surface area contributed by atoms with Crippen LogP contribution in [0, 0.1) is 5.92 Å². The van der Waals surface area contributed by atoms with Crippen molar-refractivity contribution in [3.05, 3.63) is 0 Å². The molecule has 2 nitrogen and oxygen atoms in total. The number of nitrogens with zero attached hydrogens (tertiary/aromatic N) is 1. The van der Waals surface area contributed by atoms with Crippen molar-refractivity contribution >= 4 is 21.8 Å². The number of amides is 1. The number of hydrogen-bond acceptors (Lipinski definition) is 1. The minimum absolute atomic E-state index is 0.254. The fraction of sp³-hybridized carbons (Fsp3) is 0.889. The second-order valence-corrected chi connectivity index (χ2v) is 4.01. The summed E-state index contributed by atoms with van der Waals surface area (Å²) in [6.07, 6.45) is 1.76. The normalized spacial score (nSPS) is 12.7. The molecule has 1 amide bonds. The van der Waals surface area contributed by atoms with E-state index in [1.165, 1.54) is 0 Å². The van der Waals surface area contributed by atoms with Crippen molar-refractivity contribution in [2.75, 3.05) is 18.9 Å². The van der Waals surface area contributed by atoms with Crippen LogP contribution >= 0.6 is 15.9 Å². The van der Waals surface area contributed by atoms with Crippen LogP contribution in [0.4, 0.5) is 0 Å². The topological polar surface area (TPSA) is 20.3 Å². The average Bonchev–Trinajstić information content (AvgIpc) is 2.04. The van der Waals surface area contributed by atoms with E-state index in [1.54, 1.807) is 4.90 Å². The molecule has 72 valence electrons. The standard InChI is InChI=1S/C9H18BrNO/c1-4-8(2)7-9(12)11(3)6-5-10/h8H,4-7H2,1-3H3. The number of alkyl halides is 1. The van der Waals surface area contributed by atoms with Gasteiger partial charge in [-0.25, -0.2) is 0 Å². The first kappa shape index (κ1) is 11.9. The maximum absolute atomic E-state index is 11.4. The summed E-state index contributed by atoms with van der Waals surface area (Å²) in [7, 11) is 1.85. The van der Waals surface area contributed by atoms with Gasteiger partial charge in [-0.2, -0.15) is 0 Å². The molecule has 0 fully saturated rings. The summed E-state index contributed by atoms with van der Waals surface area (Å²) in [4.78, 5) is 13.2. The van der Waals surface area contributed by atoms with Gasteiger partial charge in [0.2, 0.25) is 5.91 Å². The third kappa shape index (κ3) is 4.75. The van der Waals surface area contributed by atoms with Gasteiger partial charge in [-0.1, -0.05) is 36.2 Å². The van der Waals surface area contributed by atoms with E-state index >= 15 is 0 Å². The number of carbonyl (C=O) groups excluding carboxylic acids is 1. The number of hydrogen-bond donors (Lipinski definition) is 0. The summed E-state index contributed by atoms with van der Waals surface area (Å²) in [5.41, 5.74) is 0. The van der Waals surface area contributed by atoms with Crippen molar-refractivity contribution < 1.29 is 4.79 Å². The molecule has 1 atom stereocenters. The zero-order valence-corrected chi connectivity index (χ0v) is 9.73. The monoisotopic (exact) mass is 235 g/mol. The highest BCUT2D eigenvalue weighted by Crippen LogP contribution is 2.08. The zero-order valence-electron chi connectivity index (χ0n) is 8.14. The first-order valence-electron chi connectivity index (χ1n) is 4.41. The Hall–Kier alpha value is -0.0500. The highest BCUT2D eigenvalue weighted by molar-refractivity contribution is 9.09. The van der Waals surface area contributed by atoms with E-state index < -0.39 is 0 Å². The zero-order chi connectivity index (χ0) is 9.56. The Morgan fingerprint density at radius 3 is 2.58 bits per heavy atom. The lowest BCUT2D eigenvalue weighted by molar-refractivity contribution is -0.130. The fourth-order valence-corrected chi connectivity index (χ4v) is 1.38. The maximum Gasteiger partial charge on any atom is 0.222 e. The lowest BCUT2D eigenvalue weighted by Gasteiger charge is -2.17. The molecule has 0 aliphatic rings. The molecule has 0 heterocycles. The van der Waals surface area contributed by atoms with Crippen LogP contribution in [0.5, 0.6) is 0 Å². The van der Waals surface area contributed by atoms with Crippen molar-refractivity contribution in [2.45, 2.75) is 26.7 Å². The number of halogens is 1. The smallest absolute Gasteiger partial charge is 0.222 e. The molecule has 12 heavy (non-hydrogen) atoms. The van der Waals surface area contributed by atoms with Crippen molar-refractivity contribution in [3.63, 3.8) is 0 Å². The molecular formula is C9H18BrNO. The van der Waals surface area contributed by atoms with Gasteiger partial charge in [0.1, 0.15) is 0 Å². The largest absolute Gasteiger partial charge is 0.345 e. The molecule has 0 radical (unpaired) electrons. The Morgan fingerprint density at radius 2 is 2.17 bits per heavy atom. The summed E-state index contributed by atoms with van der Waals surface area (Å²) >= 11 is 3.31. The number of rotatable bonds is 5. The predicted octanol–water partition coefficient (Wildman–Crippen LogP) is 2.28. The first-order valence-corrected chi connectivity index (χ1v) is 5.53. The summed E-state index contributed by atoms with van der Waals surface area (Å²) in [5.74, 6) is 0.763. The Balaban J connectivity index is 3.70. The molecule has 0 aliphatic carbocycles. The van der Waals surface area contributed by atoms with E-state index in [1.807, 2.05) is 7.05 Å². The first-order chi connectivity index (χ1) is 5.61. The van der Waals surface area contributed by atoms with E-state index in [4.69, 9.17) is 0 Å². The van der Waals surface area contributed by atoms with Crippen LogP contribution in [0.25, 0.3) is 0 Å². The van der Waals surface area contributed by atoms with Crippen LogP contribution in [-0.2, 0) is 4.79 Å². The van der Waals surface area contributed by atoms with Crippen molar-refractivity contribution in [2.24, 2.45) is 5.92 Å². The Bertz CT molecular complexity index is 138. The minimum atomic E-state index is 0.254. The second kappa shape index (κ2) is 6.46. The molecule has 0 N–H and O–H groups in total. The number of carbonyl (C=O) groups is 1. The van der Waals surface area contributed by atoms with Crippen molar-refractivity contribution in [3.8, 4) is 0 Å². The van der Waals surface area contributed by atoms with Gasteiger partial charge in [0.05, 0.1) is 0 Å². The van der Waals surface area contributed by atoms with Gasteiger partial charge in [0, 0.05) is 25.3 Å². The van der Waals surface area contributed by atoms with Crippen molar-refractivity contribution in [1.82, 2.24) is 4.90 Å². The van der Waals surface area contributed by atoms with Crippen LogP contribution in [0.3, 0.4) is 0 Å². The van der Waals surface area contributed by atoms with Gasteiger partial charge in [-0.05, 0) is 5.92 Å². The summed E-state index contributed by atoms with van der Waals surface area (Å²) in [5, 5.41) is 0.857. The van der Waals surface area contributed by atoms with E-state index in [0.717, 1.165) is 18.3 Å². The van der Waals surface area contributed by atoms with Gasteiger partial charge in [-0.3, -0.25) is 4.79 Å². The average molecular weight is 236 g/mol. The molecule has 0 saturated heterocycles. The van der Waals surface area contributed by atoms with E-state index in [9.17, 15) is 4.79 Å². The summed E-state index contributed by atoms with van der Waals surface area (Å²) in [6.45, 7) is 5.03. The van der Waals surface area contributed by atoms with Crippen LogP contribution in [0.2, 0.25) is 0 Å². The Labute approximate surface area is 83.4 Å². The molecule has 3 heteroatoms. The molecular weight excluding hydrogens is 218 g/mol.